The summed E-state index contributed by atoms with van der Waals surface area (Å²) in [5.41, 5.74) is -1.07. The molecule has 1 aliphatic heterocycles. The maximum Gasteiger partial charge on any atom is 0.200 e. The summed E-state index contributed by atoms with van der Waals surface area (Å²) in [6.45, 7) is 1.90. The normalized spacial score (nSPS) is 18.9. The highest BCUT2D eigenvalue weighted by Crippen LogP contribution is 2.29. The first-order chi connectivity index (χ1) is 9.45. The van der Waals surface area contributed by atoms with E-state index in [1.807, 2.05) is 6.92 Å². The Kier molecular flexibility index (Phi) is 4.52. The van der Waals surface area contributed by atoms with Gasteiger partial charge in [0.25, 0.3) is 0 Å². The second-order valence-corrected chi connectivity index (χ2v) is 5.29. The summed E-state index contributed by atoms with van der Waals surface area (Å²) in [5.74, 6) is -9.22. The number of aliphatic imine (C=N–C) groups is 1. The molecule has 0 aliphatic carbocycles. The predicted octanol–water partition coefficient (Wildman–Crippen LogP) is 4.07. The van der Waals surface area contributed by atoms with Crippen molar-refractivity contribution in [2.24, 2.45) is 4.99 Å². The fourth-order valence-electron chi connectivity index (χ4n) is 1.74. The Balaban J connectivity index is 2.37. The van der Waals surface area contributed by atoms with Gasteiger partial charge >= 0.3 is 0 Å². The third-order valence-corrected chi connectivity index (χ3v) is 3.82. The van der Waals surface area contributed by atoms with Crippen LogP contribution in [0.3, 0.4) is 0 Å². The van der Waals surface area contributed by atoms with Crippen LogP contribution >= 0.6 is 11.8 Å². The van der Waals surface area contributed by atoms with Crippen LogP contribution in [0.25, 0.3) is 0 Å². The molecule has 2 rings (SSSR count). The molecule has 0 spiro atoms. The van der Waals surface area contributed by atoms with Crippen molar-refractivity contribution in [3.05, 3.63) is 29.1 Å². The number of thioether (sulfide) groups is 1. The summed E-state index contributed by atoms with van der Waals surface area (Å²) in [7, 11) is 0. The maximum atomic E-state index is 13.5. The molecule has 2 nitrogen and oxygen atoms in total. The first kappa shape index (κ1) is 15.1. The zero-order valence-corrected chi connectivity index (χ0v) is 11.3. The van der Waals surface area contributed by atoms with Crippen molar-refractivity contribution in [1.82, 2.24) is 0 Å². The van der Waals surface area contributed by atoms with Crippen LogP contribution in [0.5, 0.6) is 0 Å². The van der Waals surface area contributed by atoms with Crippen LogP contribution < -0.4 is 5.32 Å². The first-order valence-electron chi connectivity index (χ1n) is 5.94. The summed E-state index contributed by atoms with van der Waals surface area (Å²) < 4.78 is 66.0. The lowest BCUT2D eigenvalue weighted by Gasteiger charge is -2.20. The van der Waals surface area contributed by atoms with Crippen molar-refractivity contribution in [2.75, 3.05) is 11.1 Å². The van der Waals surface area contributed by atoms with Gasteiger partial charge in [0.2, 0.25) is 5.82 Å². The Hall–Kier alpha value is -1.31. The lowest BCUT2D eigenvalue weighted by molar-refractivity contribution is 0.382. The van der Waals surface area contributed by atoms with Crippen molar-refractivity contribution in [2.45, 2.75) is 25.8 Å². The van der Waals surface area contributed by atoms with E-state index in [1.54, 1.807) is 0 Å². The van der Waals surface area contributed by atoms with Gasteiger partial charge in [0.05, 0.1) is 6.04 Å². The number of amidine groups is 1. The van der Waals surface area contributed by atoms with E-state index in [0.717, 1.165) is 12.8 Å². The number of nitrogens with one attached hydrogen (secondary N) is 1. The van der Waals surface area contributed by atoms with Crippen LogP contribution in [0, 0.1) is 29.1 Å². The monoisotopic (exact) mass is 310 g/mol. The molecule has 0 saturated heterocycles. The van der Waals surface area contributed by atoms with Gasteiger partial charge in [-0.3, -0.25) is 4.99 Å². The van der Waals surface area contributed by atoms with Gasteiger partial charge in [0.15, 0.2) is 28.4 Å². The Morgan fingerprint density at radius 1 is 1.05 bits per heavy atom. The molecule has 0 bridgehead atoms. The van der Waals surface area contributed by atoms with E-state index in [0.29, 0.717) is 5.75 Å². The van der Waals surface area contributed by atoms with Crippen molar-refractivity contribution < 1.29 is 22.0 Å². The van der Waals surface area contributed by atoms with Crippen LogP contribution in [0.2, 0.25) is 0 Å². The molecule has 0 saturated carbocycles. The van der Waals surface area contributed by atoms with Crippen molar-refractivity contribution in [3.63, 3.8) is 0 Å². The standard InChI is InChI=1S/C12H11F5N2S/c1-2-5-3-4-20-12(18-5)19-11-9(16)7(14)6(13)8(15)10(11)17/h5H,2-4H2,1H3,(H,18,19). The zero-order chi connectivity index (χ0) is 14.9. The highest BCUT2D eigenvalue weighted by Gasteiger charge is 2.27. The minimum atomic E-state index is -2.17. The van der Waals surface area contributed by atoms with Gasteiger partial charge in [-0.15, -0.1) is 0 Å². The third-order valence-electron chi connectivity index (χ3n) is 2.90. The van der Waals surface area contributed by atoms with E-state index < -0.39 is 34.8 Å². The Labute approximate surface area is 116 Å². The van der Waals surface area contributed by atoms with E-state index >= 15 is 0 Å². The average Bonchev–Trinajstić information content (AvgIpc) is 2.48. The number of hydrogen-bond donors (Lipinski definition) is 1. The van der Waals surface area contributed by atoms with Gasteiger partial charge < -0.3 is 5.32 Å². The van der Waals surface area contributed by atoms with Crippen LogP contribution in [0.1, 0.15) is 19.8 Å². The maximum absolute atomic E-state index is 13.5. The van der Waals surface area contributed by atoms with Crippen LogP contribution in [0.4, 0.5) is 27.6 Å². The van der Waals surface area contributed by atoms with Gasteiger partial charge in [0, 0.05) is 5.75 Å². The predicted molar refractivity (Wildman–Crippen MR) is 68.4 cm³/mol. The van der Waals surface area contributed by atoms with Crippen molar-refractivity contribution in [3.8, 4) is 0 Å². The summed E-state index contributed by atoms with van der Waals surface area (Å²) >= 11 is 1.18. The van der Waals surface area contributed by atoms with Crippen LogP contribution in [-0.2, 0) is 0 Å². The van der Waals surface area contributed by atoms with Crippen molar-refractivity contribution in [1.29, 1.82) is 0 Å². The quantitative estimate of drug-likeness (QED) is 0.506. The molecule has 20 heavy (non-hydrogen) atoms. The summed E-state index contributed by atoms with van der Waals surface area (Å²) in [5, 5.41) is 2.37. The molecule has 110 valence electrons. The molecule has 1 aromatic rings. The highest BCUT2D eigenvalue weighted by atomic mass is 32.2. The van der Waals surface area contributed by atoms with Gasteiger partial charge in [-0.2, -0.15) is 0 Å². The summed E-state index contributed by atoms with van der Waals surface area (Å²) in [6, 6.07) is -0.0139. The molecule has 0 radical (unpaired) electrons. The van der Waals surface area contributed by atoms with Gasteiger partial charge in [0.1, 0.15) is 5.69 Å². The molecule has 1 aromatic carbocycles. The molecule has 1 heterocycles. The number of halogens is 5. The molecule has 0 fully saturated rings. The summed E-state index contributed by atoms with van der Waals surface area (Å²) in [6.07, 6.45) is 1.55. The van der Waals surface area contributed by atoms with Gasteiger partial charge in [-0.25, -0.2) is 22.0 Å². The third kappa shape index (κ3) is 2.74. The SMILES string of the molecule is CCC1CCSC(Nc2c(F)c(F)c(F)c(F)c2F)=N1. The number of rotatable bonds is 2. The van der Waals surface area contributed by atoms with E-state index in [2.05, 4.69) is 10.3 Å². The average molecular weight is 310 g/mol. The van der Waals surface area contributed by atoms with Gasteiger partial charge in [-0.1, -0.05) is 18.7 Å². The topological polar surface area (TPSA) is 24.4 Å². The molecule has 1 N–H and O–H groups in total. The smallest absolute Gasteiger partial charge is 0.200 e. The fraction of sp³-hybridized carbons (Fsp3) is 0.417. The zero-order valence-electron chi connectivity index (χ0n) is 10.4. The van der Waals surface area contributed by atoms with Gasteiger partial charge in [-0.05, 0) is 12.8 Å². The molecular weight excluding hydrogens is 299 g/mol. The Bertz CT molecular complexity index is 532. The molecule has 1 unspecified atom stereocenters. The van der Waals surface area contributed by atoms with E-state index in [4.69, 9.17) is 0 Å². The second kappa shape index (κ2) is 5.99. The molecule has 0 aromatic heterocycles. The highest BCUT2D eigenvalue weighted by molar-refractivity contribution is 8.14. The van der Waals surface area contributed by atoms with E-state index in [9.17, 15) is 22.0 Å². The number of benzene rings is 1. The second-order valence-electron chi connectivity index (χ2n) is 4.20. The Morgan fingerprint density at radius 2 is 1.60 bits per heavy atom. The number of anilines is 1. The lowest BCUT2D eigenvalue weighted by Crippen LogP contribution is -2.21. The van der Waals surface area contributed by atoms with Crippen LogP contribution in [0.15, 0.2) is 4.99 Å². The minimum Gasteiger partial charge on any atom is -0.330 e. The number of hydrogen-bond acceptors (Lipinski definition) is 3. The number of nitrogens with zero attached hydrogens (tertiary/aromatic N) is 1. The largest absolute Gasteiger partial charge is 0.330 e. The van der Waals surface area contributed by atoms with E-state index in [1.165, 1.54) is 11.8 Å². The molecule has 1 atom stereocenters. The molecule has 0 amide bonds. The molecule has 1 aliphatic rings. The fourth-order valence-corrected chi connectivity index (χ4v) is 2.73. The Morgan fingerprint density at radius 3 is 2.15 bits per heavy atom. The molecule has 8 heteroatoms. The van der Waals surface area contributed by atoms with Crippen molar-refractivity contribution >= 4 is 22.6 Å². The first-order valence-corrected chi connectivity index (χ1v) is 6.93. The minimum absolute atomic E-state index is 0.0139. The summed E-state index contributed by atoms with van der Waals surface area (Å²) in [4.78, 5) is 4.16. The molecular formula is C12H11F5N2S. The lowest BCUT2D eigenvalue weighted by atomic mass is 10.2. The van der Waals surface area contributed by atoms with E-state index in [-0.39, 0.29) is 11.2 Å². The van der Waals surface area contributed by atoms with Crippen LogP contribution in [-0.4, -0.2) is 17.0 Å².